The number of ether oxygens (including phenoxy) is 1. The molecule has 19 heavy (non-hydrogen) atoms. The Labute approximate surface area is 112 Å². The van der Waals surface area contributed by atoms with Gasteiger partial charge in [0, 0.05) is 6.04 Å². The van der Waals surface area contributed by atoms with Crippen molar-refractivity contribution in [3.63, 3.8) is 0 Å². The van der Waals surface area contributed by atoms with Crippen LogP contribution in [0, 0.1) is 11.3 Å². The first-order valence-electron chi connectivity index (χ1n) is 6.98. The van der Waals surface area contributed by atoms with Crippen LogP contribution in [0.1, 0.15) is 46.5 Å². The summed E-state index contributed by atoms with van der Waals surface area (Å²) in [5, 5.41) is 9.46. The number of rotatable bonds is 1. The maximum atomic E-state index is 12.2. The molecule has 1 spiro atoms. The van der Waals surface area contributed by atoms with Crippen molar-refractivity contribution in [2.45, 2.75) is 64.1 Å². The first-order chi connectivity index (χ1) is 8.73. The highest BCUT2D eigenvalue weighted by molar-refractivity contribution is 5.82. The molecule has 0 aromatic rings. The summed E-state index contributed by atoms with van der Waals surface area (Å²) >= 11 is 0. The van der Waals surface area contributed by atoms with Crippen LogP contribution in [0.2, 0.25) is 0 Å². The highest BCUT2D eigenvalue weighted by Gasteiger charge is 2.67. The van der Waals surface area contributed by atoms with E-state index in [0.29, 0.717) is 0 Å². The monoisotopic (exact) mass is 267 g/mol. The van der Waals surface area contributed by atoms with E-state index in [-0.39, 0.29) is 17.4 Å². The fraction of sp³-hybridized carbons (Fsp3) is 0.857. The molecule has 1 heterocycles. The summed E-state index contributed by atoms with van der Waals surface area (Å²) in [6.07, 6.45) is 3.57. The highest BCUT2D eigenvalue weighted by Crippen LogP contribution is 2.67. The van der Waals surface area contributed by atoms with Crippen LogP contribution in [0.25, 0.3) is 0 Å². The lowest BCUT2D eigenvalue weighted by molar-refractivity contribution is -0.146. The molecule has 3 rings (SSSR count). The molecule has 5 heteroatoms. The minimum Gasteiger partial charge on any atom is -0.480 e. The van der Waals surface area contributed by atoms with Gasteiger partial charge in [-0.2, -0.15) is 0 Å². The molecule has 1 aliphatic heterocycles. The fourth-order valence-corrected chi connectivity index (χ4v) is 3.95. The van der Waals surface area contributed by atoms with E-state index in [0.717, 1.165) is 25.7 Å². The highest BCUT2D eigenvalue weighted by atomic mass is 16.6. The van der Waals surface area contributed by atoms with Crippen molar-refractivity contribution in [1.82, 2.24) is 4.90 Å². The summed E-state index contributed by atoms with van der Waals surface area (Å²) in [7, 11) is 0. The van der Waals surface area contributed by atoms with Crippen molar-refractivity contribution in [3.05, 3.63) is 0 Å². The van der Waals surface area contributed by atoms with Crippen molar-refractivity contribution >= 4 is 12.1 Å². The van der Waals surface area contributed by atoms with E-state index in [4.69, 9.17) is 4.74 Å². The van der Waals surface area contributed by atoms with Crippen LogP contribution < -0.4 is 0 Å². The van der Waals surface area contributed by atoms with Crippen LogP contribution in [0.15, 0.2) is 0 Å². The van der Waals surface area contributed by atoms with Gasteiger partial charge in [-0.1, -0.05) is 0 Å². The first-order valence-corrected chi connectivity index (χ1v) is 6.98. The molecule has 5 nitrogen and oxygen atoms in total. The number of carbonyl (C=O) groups excluding carboxylic acids is 1. The maximum Gasteiger partial charge on any atom is 0.411 e. The van der Waals surface area contributed by atoms with Crippen molar-refractivity contribution in [3.8, 4) is 0 Å². The number of fused-ring (bicyclic) bond motifs is 3. The Kier molecular flexibility index (Phi) is 2.45. The predicted octanol–water partition coefficient (Wildman–Crippen LogP) is 2.25. The van der Waals surface area contributed by atoms with Gasteiger partial charge >= 0.3 is 12.1 Å². The number of carboxylic acid groups (broad SMARTS) is 1. The molecule has 2 bridgehead atoms. The minimum atomic E-state index is -0.885. The molecular formula is C14H21NO4. The molecule has 3 fully saturated rings. The van der Waals surface area contributed by atoms with Crippen LogP contribution in [0.5, 0.6) is 0 Å². The second kappa shape index (κ2) is 3.64. The third kappa shape index (κ3) is 1.90. The molecule has 1 saturated heterocycles. The van der Waals surface area contributed by atoms with Gasteiger partial charge in [0.15, 0.2) is 0 Å². The Hall–Kier alpha value is -1.26. The zero-order valence-corrected chi connectivity index (χ0v) is 11.7. The van der Waals surface area contributed by atoms with Gasteiger partial charge < -0.3 is 9.84 Å². The number of likely N-dealkylation sites (tertiary alicyclic amines) is 1. The number of amides is 1. The van der Waals surface area contributed by atoms with Crippen molar-refractivity contribution in [2.75, 3.05) is 0 Å². The lowest BCUT2D eigenvalue weighted by Gasteiger charge is -2.37. The molecule has 2 saturated carbocycles. The van der Waals surface area contributed by atoms with Crippen LogP contribution in [0.4, 0.5) is 4.79 Å². The number of carbonyl (C=O) groups is 2. The Morgan fingerprint density at radius 2 is 1.95 bits per heavy atom. The number of hydrogen-bond acceptors (Lipinski definition) is 3. The maximum absolute atomic E-state index is 12.2. The molecule has 3 aliphatic rings. The van der Waals surface area contributed by atoms with E-state index in [1.165, 1.54) is 4.90 Å². The van der Waals surface area contributed by atoms with E-state index >= 15 is 0 Å². The van der Waals surface area contributed by atoms with E-state index in [1.807, 2.05) is 0 Å². The molecule has 1 amide bonds. The van der Waals surface area contributed by atoms with Crippen LogP contribution in [0.3, 0.4) is 0 Å². The quantitative estimate of drug-likeness (QED) is 0.791. The lowest BCUT2D eigenvalue weighted by Crippen LogP contribution is -2.53. The number of carboxylic acids is 1. The Bertz CT molecular complexity index is 435. The van der Waals surface area contributed by atoms with Crippen molar-refractivity contribution in [1.29, 1.82) is 0 Å². The normalized spacial score (nSPS) is 34.7. The first kappa shape index (κ1) is 12.8. The van der Waals surface area contributed by atoms with Gasteiger partial charge in [0.05, 0.1) is 0 Å². The van der Waals surface area contributed by atoms with Crippen LogP contribution >= 0.6 is 0 Å². The largest absolute Gasteiger partial charge is 0.480 e. The summed E-state index contributed by atoms with van der Waals surface area (Å²) in [6, 6.07) is -0.625. The van der Waals surface area contributed by atoms with Gasteiger partial charge in [-0.05, 0) is 57.8 Å². The fourth-order valence-electron chi connectivity index (χ4n) is 3.95. The predicted molar refractivity (Wildman–Crippen MR) is 67.7 cm³/mol. The molecule has 1 N–H and O–H groups in total. The van der Waals surface area contributed by atoms with E-state index in [1.54, 1.807) is 20.8 Å². The molecule has 3 atom stereocenters. The number of nitrogens with zero attached hydrogens (tertiary/aromatic N) is 1. The lowest BCUT2D eigenvalue weighted by atomic mass is 9.85. The second-order valence-corrected chi connectivity index (χ2v) is 7.23. The summed E-state index contributed by atoms with van der Waals surface area (Å²) in [4.78, 5) is 25.3. The average Bonchev–Trinajstić information content (AvgIpc) is 2.77. The van der Waals surface area contributed by atoms with Gasteiger partial charge in [-0.15, -0.1) is 0 Å². The minimum absolute atomic E-state index is 0.0587. The molecule has 106 valence electrons. The summed E-state index contributed by atoms with van der Waals surface area (Å²) in [6.45, 7) is 5.41. The molecule has 0 unspecified atom stereocenters. The van der Waals surface area contributed by atoms with Crippen LogP contribution in [-0.2, 0) is 9.53 Å². The van der Waals surface area contributed by atoms with E-state index in [9.17, 15) is 14.7 Å². The van der Waals surface area contributed by atoms with Crippen LogP contribution in [-0.4, -0.2) is 39.8 Å². The summed E-state index contributed by atoms with van der Waals surface area (Å²) < 4.78 is 5.37. The zero-order valence-electron chi connectivity index (χ0n) is 11.7. The van der Waals surface area contributed by atoms with Crippen molar-refractivity contribution in [2.24, 2.45) is 11.3 Å². The number of piperidine rings is 1. The van der Waals surface area contributed by atoms with Gasteiger partial charge in [0.25, 0.3) is 0 Å². The zero-order chi connectivity index (χ0) is 14.0. The second-order valence-electron chi connectivity index (χ2n) is 7.23. The molecule has 2 aliphatic carbocycles. The standard InChI is InChI=1S/C14H21NO4/c1-13(2,3)19-12(18)15-8-6-9(10(15)11(16)17)14(7-8)4-5-14/h8-10H,4-7H2,1-3H3,(H,16,17)/t8-,9-,10-/m0/s1. The Balaban J connectivity index is 1.82. The van der Waals surface area contributed by atoms with Crippen molar-refractivity contribution < 1.29 is 19.4 Å². The molecular weight excluding hydrogens is 246 g/mol. The SMILES string of the molecule is CC(C)(C)OC(=O)N1[C@H]2C[C@@H]([C@H]1C(=O)O)C1(CC1)C2. The molecule has 0 aromatic carbocycles. The number of hydrogen-bond donors (Lipinski definition) is 1. The van der Waals surface area contributed by atoms with Gasteiger partial charge in [-0.25, -0.2) is 9.59 Å². The molecule has 0 aromatic heterocycles. The smallest absolute Gasteiger partial charge is 0.411 e. The number of aliphatic carboxylic acids is 1. The third-order valence-corrected chi connectivity index (χ3v) is 4.78. The van der Waals surface area contributed by atoms with E-state index in [2.05, 4.69) is 0 Å². The van der Waals surface area contributed by atoms with Gasteiger partial charge in [0.2, 0.25) is 0 Å². The summed E-state index contributed by atoms with van der Waals surface area (Å²) in [5.41, 5.74) is -0.356. The average molecular weight is 267 g/mol. The third-order valence-electron chi connectivity index (χ3n) is 4.78. The Morgan fingerprint density at radius 3 is 2.42 bits per heavy atom. The Morgan fingerprint density at radius 1 is 1.32 bits per heavy atom. The summed E-state index contributed by atoms with van der Waals surface area (Å²) in [5.74, 6) is -0.758. The molecule has 0 radical (unpaired) electrons. The van der Waals surface area contributed by atoms with Gasteiger partial charge in [-0.3, -0.25) is 4.90 Å². The topological polar surface area (TPSA) is 66.8 Å². The van der Waals surface area contributed by atoms with E-state index < -0.39 is 23.7 Å². The van der Waals surface area contributed by atoms with Gasteiger partial charge in [0.1, 0.15) is 11.6 Å².